The third-order valence-electron chi connectivity index (χ3n) is 6.45. The van der Waals surface area contributed by atoms with Crippen LogP contribution >= 0.6 is 11.6 Å². The molecule has 2 aliphatic heterocycles. The van der Waals surface area contributed by atoms with Crippen molar-refractivity contribution in [2.24, 2.45) is 5.92 Å². The zero-order valence-electron chi connectivity index (χ0n) is 19.9. The molecule has 1 aromatic carbocycles. The summed E-state index contributed by atoms with van der Waals surface area (Å²) in [5, 5.41) is 7.26. The summed E-state index contributed by atoms with van der Waals surface area (Å²) in [6.07, 6.45) is 6.17. The molecule has 0 aliphatic carbocycles. The molecule has 0 radical (unpaired) electrons. The van der Waals surface area contributed by atoms with Crippen LogP contribution in [0.5, 0.6) is 5.75 Å². The van der Waals surface area contributed by atoms with Crippen LogP contribution in [0.25, 0.3) is 0 Å². The fourth-order valence-corrected chi connectivity index (χ4v) is 4.61. The monoisotopic (exact) mass is 473 g/mol. The van der Waals surface area contributed by atoms with Crippen molar-refractivity contribution in [3.8, 4) is 5.75 Å². The summed E-state index contributed by atoms with van der Waals surface area (Å²) >= 11 is 6.37. The van der Waals surface area contributed by atoms with Gasteiger partial charge in [-0.05, 0) is 89.2 Å². The summed E-state index contributed by atoms with van der Waals surface area (Å²) in [5.74, 6) is 3.11. The quantitative estimate of drug-likeness (QED) is 0.538. The molecule has 7 nitrogen and oxygen atoms in total. The number of anilines is 3. The number of hydrogen-bond acceptors (Lipinski definition) is 7. The van der Waals surface area contributed by atoms with Crippen molar-refractivity contribution in [2.75, 3.05) is 50.5 Å². The first-order valence-electron chi connectivity index (χ1n) is 12.1. The smallest absolute Gasteiger partial charge is 0.229 e. The Morgan fingerprint density at radius 1 is 1.18 bits per heavy atom. The minimum absolute atomic E-state index is 0.0705. The molecule has 1 aromatic heterocycles. The Bertz CT molecular complexity index is 912. The van der Waals surface area contributed by atoms with Gasteiger partial charge in [0.15, 0.2) is 5.82 Å². The third kappa shape index (κ3) is 6.71. The SMILES string of the molecule is CC(C)Oc1cc(C2CCN(C)CC2)ccc1Nc1ncc(Cl)c(NCC2CCOCC2)n1. The first-order valence-corrected chi connectivity index (χ1v) is 12.5. The Kier molecular flexibility index (Phi) is 8.28. The highest BCUT2D eigenvalue weighted by Gasteiger charge is 2.20. The molecule has 8 heteroatoms. The van der Waals surface area contributed by atoms with Crippen molar-refractivity contribution < 1.29 is 9.47 Å². The molecule has 0 bridgehead atoms. The second-order valence-electron chi connectivity index (χ2n) is 9.45. The number of aromatic nitrogens is 2. The van der Waals surface area contributed by atoms with E-state index in [9.17, 15) is 0 Å². The lowest BCUT2D eigenvalue weighted by molar-refractivity contribution is 0.0699. The lowest BCUT2D eigenvalue weighted by Gasteiger charge is -2.29. The molecule has 0 atom stereocenters. The molecular weight excluding hydrogens is 438 g/mol. The number of benzene rings is 1. The maximum absolute atomic E-state index is 6.37. The average Bonchev–Trinajstić information content (AvgIpc) is 2.81. The predicted molar refractivity (Wildman–Crippen MR) is 134 cm³/mol. The van der Waals surface area contributed by atoms with E-state index < -0.39 is 0 Å². The predicted octanol–water partition coefficient (Wildman–Crippen LogP) is 5.31. The van der Waals surface area contributed by atoms with Crippen LogP contribution in [0.15, 0.2) is 24.4 Å². The zero-order chi connectivity index (χ0) is 23.2. The Morgan fingerprint density at radius 2 is 1.94 bits per heavy atom. The first-order chi connectivity index (χ1) is 16.0. The van der Waals surface area contributed by atoms with E-state index in [0.717, 1.165) is 57.1 Å². The van der Waals surface area contributed by atoms with Gasteiger partial charge < -0.3 is 25.0 Å². The van der Waals surface area contributed by atoms with E-state index >= 15 is 0 Å². The topological polar surface area (TPSA) is 71.5 Å². The van der Waals surface area contributed by atoms with Crippen molar-refractivity contribution in [3.63, 3.8) is 0 Å². The molecule has 0 spiro atoms. The summed E-state index contributed by atoms with van der Waals surface area (Å²) in [6.45, 7) is 8.82. The van der Waals surface area contributed by atoms with Crippen LogP contribution < -0.4 is 15.4 Å². The van der Waals surface area contributed by atoms with Crippen molar-refractivity contribution in [1.82, 2.24) is 14.9 Å². The number of ether oxygens (including phenoxy) is 2. The molecule has 3 heterocycles. The molecule has 0 saturated carbocycles. The summed E-state index contributed by atoms with van der Waals surface area (Å²) in [7, 11) is 2.19. The van der Waals surface area contributed by atoms with Gasteiger partial charge in [-0.2, -0.15) is 4.98 Å². The zero-order valence-corrected chi connectivity index (χ0v) is 20.7. The molecule has 2 fully saturated rings. The van der Waals surface area contributed by atoms with Gasteiger partial charge in [-0.1, -0.05) is 17.7 Å². The summed E-state index contributed by atoms with van der Waals surface area (Å²) in [5.41, 5.74) is 2.19. The van der Waals surface area contributed by atoms with E-state index in [0.29, 0.717) is 28.6 Å². The molecule has 4 rings (SSSR count). The molecular formula is C25H36ClN5O2. The van der Waals surface area contributed by atoms with Gasteiger partial charge in [0.2, 0.25) is 5.95 Å². The van der Waals surface area contributed by atoms with Crippen LogP contribution in [0.2, 0.25) is 5.02 Å². The molecule has 33 heavy (non-hydrogen) atoms. The van der Waals surface area contributed by atoms with E-state index in [1.165, 1.54) is 18.4 Å². The Hall–Kier alpha value is -2.09. The second-order valence-corrected chi connectivity index (χ2v) is 9.86. The van der Waals surface area contributed by atoms with Gasteiger partial charge in [0.25, 0.3) is 0 Å². The van der Waals surface area contributed by atoms with Crippen LogP contribution in [-0.2, 0) is 4.74 Å². The number of nitrogens with zero attached hydrogens (tertiary/aromatic N) is 3. The number of piperidine rings is 1. The normalized spacial score (nSPS) is 18.5. The summed E-state index contributed by atoms with van der Waals surface area (Å²) < 4.78 is 11.6. The van der Waals surface area contributed by atoms with Gasteiger partial charge in [-0.15, -0.1) is 0 Å². The molecule has 2 saturated heterocycles. The van der Waals surface area contributed by atoms with Gasteiger partial charge >= 0.3 is 0 Å². The van der Waals surface area contributed by atoms with Crippen LogP contribution in [0.1, 0.15) is 51.0 Å². The number of halogens is 1. The standard InChI is InChI=1S/C25H36ClN5O2/c1-17(2)33-23-14-20(19-6-10-31(3)11-7-19)4-5-22(23)29-25-28-16-21(26)24(30-25)27-15-18-8-12-32-13-9-18/h4-5,14,16-19H,6-13,15H2,1-3H3,(H2,27,28,29,30). The van der Waals surface area contributed by atoms with Gasteiger partial charge in [-0.3, -0.25) is 0 Å². The van der Waals surface area contributed by atoms with E-state index in [4.69, 9.17) is 21.1 Å². The van der Waals surface area contributed by atoms with E-state index in [-0.39, 0.29) is 6.10 Å². The van der Waals surface area contributed by atoms with Crippen LogP contribution in [0, 0.1) is 5.92 Å². The van der Waals surface area contributed by atoms with E-state index in [2.05, 4.69) is 50.7 Å². The van der Waals surface area contributed by atoms with E-state index in [1.807, 2.05) is 13.8 Å². The maximum atomic E-state index is 6.37. The fraction of sp³-hybridized carbons (Fsp3) is 0.600. The molecule has 2 aromatic rings. The van der Waals surface area contributed by atoms with Crippen molar-refractivity contribution >= 4 is 29.1 Å². The van der Waals surface area contributed by atoms with Gasteiger partial charge in [0, 0.05) is 19.8 Å². The highest BCUT2D eigenvalue weighted by atomic mass is 35.5. The van der Waals surface area contributed by atoms with Crippen LogP contribution in [0.4, 0.5) is 17.5 Å². The van der Waals surface area contributed by atoms with Gasteiger partial charge in [0.1, 0.15) is 10.8 Å². The molecule has 2 N–H and O–H groups in total. The molecule has 0 amide bonds. The lowest BCUT2D eigenvalue weighted by Crippen LogP contribution is -2.29. The minimum atomic E-state index is 0.0705. The maximum Gasteiger partial charge on any atom is 0.229 e. The Morgan fingerprint density at radius 3 is 2.67 bits per heavy atom. The third-order valence-corrected chi connectivity index (χ3v) is 6.72. The number of nitrogens with one attached hydrogen (secondary N) is 2. The van der Waals surface area contributed by atoms with Gasteiger partial charge in [0.05, 0.1) is 18.0 Å². The number of rotatable bonds is 8. The molecule has 180 valence electrons. The fourth-order valence-electron chi connectivity index (χ4n) is 4.45. The number of likely N-dealkylation sites (tertiary alicyclic amines) is 1. The average molecular weight is 474 g/mol. The summed E-state index contributed by atoms with van der Waals surface area (Å²) in [4.78, 5) is 11.4. The van der Waals surface area contributed by atoms with Crippen LogP contribution in [0.3, 0.4) is 0 Å². The molecule has 2 aliphatic rings. The van der Waals surface area contributed by atoms with Crippen LogP contribution in [-0.4, -0.2) is 60.9 Å². The second kappa shape index (κ2) is 11.4. The van der Waals surface area contributed by atoms with Crippen molar-refractivity contribution in [1.29, 1.82) is 0 Å². The molecule has 0 unspecified atom stereocenters. The Labute approximate surface area is 202 Å². The van der Waals surface area contributed by atoms with Crippen molar-refractivity contribution in [2.45, 2.75) is 51.6 Å². The van der Waals surface area contributed by atoms with E-state index in [1.54, 1.807) is 6.20 Å². The van der Waals surface area contributed by atoms with Gasteiger partial charge in [-0.25, -0.2) is 4.98 Å². The first kappa shape index (κ1) is 24.0. The Balaban J connectivity index is 1.48. The highest BCUT2D eigenvalue weighted by Crippen LogP contribution is 2.35. The summed E-state index contributed by atoms with van der Waals surface area (Å²) in [6, 6.07) is 6.46. The highest BCUT2D eigenvalue weighted by molar-refractivity contribution is 6.32. The largest absolute Gasteiger partial charge is 0.489 e. The number of hydrogen-bond donors (Lipinski definition) is 2. The lowest BCUT2D eigenvalue weighted by atomic mass is 9.89. The van der Waals surface area contributed by atoms with Crippen molar-refractivity contribution in [3.05, 3.63) is 35.0 Å². The minimum Gasteiger partial charge on any atom is -0.489 e.